The maximum atomic E-state index is 12.2. The molecule has 0 saturated carbocycles. The van der Waals surface area contributed by atoms with Gasteiger partial charge >= 0.3 is 6.03 Å². The van der Waals surface area contributed by atoms with Crippen LogP contribution in [0.2, 0.25) is 0 Å². The molecule has 1 atom stereocenters. The number of ether oxygens (including phenoxy) is 2. The molecule has 2 amide bonds. The molecular formula is C21H28N2O3. The van der Waals surface area contributed by atoms with Gasteiger partial charge in [0.05, 0.1) is 20.3 Å². The molecule has 0 saturated heterocycles. The first-order chi connectivity index (χ1) is 12.6. The van der Waals surface area contributed by atoms with Crippen molar-refractivity contribution in [2.45, 2.75) is 32.7 Å². The third-order valence-corrected chi connectivity index (χ3v) is 4.34. The van der Waals surface area contributed by atoms with Crippen LogP contribution in [0.5, 0.6) is 11.5 Å². The number of urea groups is 1. The maximum absolute atomic E-state index is 12.2. The van der Waals surface area contributed by atoms with E-state index in [1.54, 1.807) is 14.2 Å². The highest BCUT2D eigenvalue weighted by Crippen LogP contribution is 2.27. The van der Waals surface area contributed by atoms with Gasteiger partial charge in [-0.2, -0.15) is 0 Å². The smallest absolute Gasteiger partial charge is 0.315 e. The molecule has 2 N–H and O–H groups in total. The summed E-state index contributed by atoms with van der Waals surface area (Å²) in [5.74, 6) is 1.39. The van der Waals surface area contributed by atoms with Gasteiger partial charge in [-0.25, -0.2) is 4.79 Å². The Morgan fingerprint density at radius 3 is 2.35 bits per heavy atom. The van der Waals surface area contributed by atoms with Crippen LogP contribution in [0.4, 0.5) is 4.79 Å². The molecule has 2 rings (SSSR count). The lowest BCUT2D eigenvalue weighted by Gasteiger charge is -2.18. The third kappa shape index (κ3) is 5.41. The molecule has 0 radical (unpaired) electrons. The number of rotatable bonds is 8. The third-order valence-electron chi connectivity index (χ3n) is 4.34. The lowest BCUT2D eigenvalue weighted by molar-refractivity contribution is 0.237. The van der Waals surface area contributed by atoms with Crippen molar-refractivity contribution >= 4 is 6.03 Å². The van der Waals surface area contributed by atoms with Crippen LogP contribution in [-0.4, -0.2) is 26.8 Å². The van der Waals surface area contributed by atoms with Crippen molar-refractivity contribution in [2.24, 2.45) is 0 Å². The van der Waals surface area contributed by atoms with Crippen LogP contribution in [0.1, 0.15) is 36.1 Å². The first kappa shape index (κ1) is 19.6. The van der Waals surface area contributed by atoms with Crippen LogP contribution in [-0.2, 0) is 6.42 Å². The van der Waals surface area contributed by atoms with Gasteiger partial charge in [0.1, 0.15) is 0 Å². The van der Waals surface area contributed by atoms with E-state index in [2.05, 4.69) is 48.7 Å². The topological polar surface area (TPSA) is 59.6 Å². The summed E-state index contributed by atoms with van der Waals surface area (Å²) in [6.07, 6.45) is 1.56. The minimum atomic E-state index is -0.155. The second kappa shape index (κ2) is 9.70. The number of benzene rings is 2. The zero-order chi connectivity index (χ0) is 18.9. The van der Waals surface area contributed by atoms with Crippen molar-refractivity contribution in [1.82, 2.24) is 10.6 Å². The van der Waals surface area contributed by atoms with Crippen molar-refractivity contribution in [2.75, 3.05) is 20.8 Å². The summed E-state index contributed by atoms with van der Waals surface area (Å²) in [5.41, 5.74) is 3.41. The number of hydrogen-bond acceptors (Lipinski definition) is 3. The molecule has 0 bridgehead atoms. The van der Waals surface area contributed by atoms with Gasteiger partial charge in [0.25, 0.3) is 0 Å². The van der Waals surface area contributed by atoms with Crippen molar-refractivity contribution in [3.63, 3.8) is 0 Å². The minimum Gasteiger partial charge on any atom is -0.493 e. The van der Waals surface area contributed by atoms with Gasteiger partial charge in [-0.1, -0.05) is 42.8 Å². The number of carbonyl (C=O) groups is 1. The fourth-order valence-electron chi connectivity index (χ4n) is 2.79. The van der Waals surface area contributed by atoms with E-state index >= 15 is 0 Å². The number of amides is 2. The molecule has 0 aliphatic rings. The monoisotopic (exact) mass is 356 g/mol. The second-order valence-corrected chi connectivity index (χ2v) is 6.21. The van der Waals surface area contributed by atoms with Crippen LogP contribution < -0.4 is 20.1 Å². The molecule has 0 aliphatic heterocycles. The van der Waals surface area contributed by atoms with Gasteiger partial charge in [0.2, 0.25) is 0 Å². The molecule has 5 nitrogen and oxygen atoms in total. The quantitative estimate of drug-likeness (QED) is 0.751. The molecule has 0 heterocycles. The summed E-state index contributed by atoms with van der Waals surface area (Å²) in [6.45, 7) is 4.67. The standard InChI is InChI=1S/C21H28N2O3/c1-5-18(17-9-6-15(2)7-10-17)23-21(24)22-13-12-16-8-11-19(25-3)20(14-16)26-4/h6-11,14,18H,5,12-13H2,1-4H3,(H2,22,23,24)/t18-/m1/s1. The Hall–Kier alpha value is -2.69. The van der Waals surface area contributed by atoms with Crippen LogP contribution in [0, 0.1) is 6.92 Å². The van der Waals surface area contributed by atoms with E-state index in [0.717, 1.165) is 24.0 Å². The summed E-state index contributed by atoms with van der Waals surface area (Å²) in [7, 11) is 3.23. The highest BCUT2D eigenvalue weighted by atomic mass is 16.5. The molecule has 0 unspecified atom stereocenters. The van der Waals surface area contributed by atoms with Crippen LogP contribution in [0.15, 0.2) is 42.5 Å². The molecule has 0 aromatic heterocycles. The molecule has 5 heteroatoms. The summed E-state index contributed by atoms with van der Waals surface area (Å²) in [4.78, 5) is 12.2. The van der Waals surface area contributed by atoms with Crippen molar-refractivity contribution in [1.29, 1.82) is 0 Å². The lowest BCUT2D eigenvalue weighted by atomic mass is 10.0. The highest BCUT2D eigenvalue weighted by Gasteiger charge is 2.12. The average molecular weight is 356 g/mol. The number of carbonyl (C=O) groups excluding carboxylic acids is 1. The van der Waals surface area contributed by atoms with Gasteiger partial charge in [-0.3, -0.25) is 0 Å². The molecule has 0 spiro atoms. The molecule has 2 aromatic rings. The van der Waals surface area contributed by atoms with Crippen molar-refractivity contribution in [3.05, 3.63) is 59.2 Å². The van der Waals surface area contributed by atoms with Crippen molar-refractivity contribution < 1.29 is 14.3 Å². The van der Waals surface area contributed by atoms with Gasteiger partial charge in [-0.15, -0.1) is 0 Å². The zero-order valence-corrected chi connectivity index (χ0v) is 16.0. The summed E-state index contributed by atoms with van der Waals surface area (Å²) >= 11 is 0. The van der Waals surface area contributed by atoms with Crippen molar-refractivity contribution in [3.8, 4) is 11.5 Å². The van der Waals surface area contributed by atoms with Gasteiger partial charge in [-0.05, 0) is 43.0 Å². The molecule has 0 aliphatic carbocycles. The second-order valence-electron chi connectivity index (χ2n) is 6.21. The molecule has 140 valence electrons. The van der Waals surface area contributed by atoms with E-state index in [1.807, 2.05) is 18.2 Å². The fraction of sp³-hybridized carbons (Fsp3) is 0.381. The van der Waals surface area contributed by atoms with Crippen LogP contribution in [0.25, 0.3) is 0 Å². The van der Waals surface area contributed by atoms with E-state index in [1.165, 1.54) is 5.56 Å². The van der Waals surface area contributed by atoms with Crippen LogP contribution in [0.3, 0.4) is 0 Å². The Labute approximate surface area is 155 Å². The van der Waals surface area contributed by atoms with Gasteiger partial charge in [0, 0.05) is 6.54 Å². The normalized spacial score (nSPS) is 11.5. The van der Waals surface area contributed by atoms with E-state index in [-0.39, 0.29) is 12.1 Å². The Bertz CT molecular complexity index is 714. The number of nitrogens with one attached hydrogen (secondary N) is 2. The minimum absolute atomic E-state index is 0.0108. The maximum Gasteiger partial charge on any atom is 0.315 e. The number of methoxy groups -OCH3 is 2. The molecule has 0 fully saturated rings. The van der Waals surface area contributed by atoms with E-state index < -0.39 is 0 Å². The Balaban J connectivity index is 1.85. The predicted molar refractivity (Wildman–Crippen MR) is 104 cm³/mol. The summed E-state index contributed by atoms with van der Waals surface area (Å²) in [5, 5.41) is 5.96. The first-order valence-corrected chi connectivity index (χ1v) is 8.89. The molecule has 26 heavy (non-hydrogen) atoms. The number of hydrogen-bond donors (Lipinski definition) is 2. The van der Waals surface area contributed by atoms with Crippen LogP contribution >= 0.6 is 0 Å². The largest absolute Gasteiger partial charge is 0.493 e. The van der Waals surface area contributed by atoms with Gasteiger partial charge < -0.3 is 20.1 Å². The summed E-state index contributed by atoms with van der Waals surface area (Å²) < 4.78 is 10.5. The number of aryl methyl sites for hydroxylation is 1. The molecule has 2 aromatic carbocycles. The SMILES string of the molecule is CC[C@@H](NC(=O)NCCc1ccc(OC)c(OC)c1)c1ccc(C)cc1. The lowest BCUT2D eigenvalue weighted by Crippen LogP contribution is -2.38. The Morgan fingerprint density at radius 1 is 1.04 bits per heavy atom. The van der Waals surface area contributed by atoms with E-state index in [0.29, 0.717) is 18.0 Å². The first-order valence-electron chi connectivity index (χ1n) is 8.89. The van der Waals surface area contributed by atoms with E-state index in [9.17, 15) is 4.79 Å². The predicted octanol–water partition coefficient (Wildman–Crippen LogP) is 4.01. The fourth-order valence-corrected chi connectivity index (χ4v) is 2.79. The van der Waals surface area contributed by atoms with E-state index in [4.69, 9.17) is 9.47 Å². The zero-order valence-electron chi connectivity index (χ0n) is 16.0. The summed E-state index contributed by atoms with van der Waals surface area (Å²) in [6, 6.07) is 13.9. The Morgan fingerprint density at radius 2 is 1.73 bits per heavy atom. The average Bonchev–Trinajstić information content (AvgIpc) is 2.66. The highest BCUT2D eigenvalue weighted by molar-refractivity contribution is 5.74. The molecular weight excluding hydrogens is 328 g/mol. The Kier molecular flexibility index (Phi) is 7.33. The van der Waals surface area contributed by atoms with Gasteiger partial charge in [0.15, 0.2) is 11.5 Å².